The summed E-state index contributed by atoms with van der Waals surface area (Å²) in [4.78, 5) is 23.5. The number of carbonyl (C=O) groups is 1. The molecule has 1 aliphatic rings. The summed E-state index contributed by atoms with van der Waals surface area (Å²) in [6, 6.07) is 20.3. The highest BCUT2D eigenvalue weighted by molar-refractivity contribution is 8.00. The third-order valence-corrected chi connectivity index (χ3v) is 7.14. The molecule has 1 saturated heterocycles. The second-order valence-electron chi connectivity index (χ2n) is 7.18. The molecule has 0 spiro atoms. The Kier molecular flexibility index (Phi) is 6.64. The molecule has 3 aromatic rings. The lowest BCUT2D eigenvalue weighted by atomic mass is 10.1. The number of amides is 1. The van der Waals surface area contributed by atoms with Gasteiger partial charge in [0.2, 0.25) is 5.91 Å². The molecule has 0 radical (unpaired) electrons. The van der Waals surface area contributed by atoms with Gasteiger partial charge >= 0.3 is 0 Å². The normalized spacial score (nSPS) is 16.0. The van der Waals surface area contributed by atoms with Crippen LogP contribution in [0.1, 0.15) is 21.5 Å². The van der Waals surface area contributed by atoms with E-state index in [-0.39, 0.29) is 11.2 Å². The molecule has 4 rings (SSSR count). The fraction of sp³-hybridized carbons (Fsp3) is 0.304. The number of thiazole rings is 1. The number of aromatic nitrogens is 1. The maximum Gasteiger partial charge on any atom is 0.240 e. The predicted molar refractivity (Wildman–Crippen MR) is 120 cm³/mol. The molecule has 6 heteroatoms. The molecule has 1 unspecified atom stereocenters. The van der Waals surface area contributed by atoms with E-state index in [0.717, 1.165) is 53.9 Å². The zero-order chi connectivity index (χ0) is 20.1. The standard InChI is InChI=1S/C23H25N3OS2/c1-18-24-20(17-28-18)16-25-12-14-26(15-13-25)23(27)22(19-8-4-2-5-9-19)29-21-10-6-3-7-11-21/h2-11,17,22H,12-16H2,1H3. The number of piperazine rings is 1. The van der Waals surface area contributed by atoms with Crippen LogP contribution in [0, 0.1) is 6.92 Å². The molecule has 2 aromatic carbocycles. The SMILES string of the molecule is Cc1nc(CN2CCN(C(=O)C(Sc3ccccc3)c3ccccc3)CC2)cs1. The van der Waals surface area contributed by atoms with E-state index in [9.17, 15) is 4.79 Å². The molecule has 1 atom stereocenters. The number of carbonyl (C=O) groups excluding carboxylic acids is 1. The number of nitrogens with zero attached hydrogens (tertiary/aromatic N) is 3. The van der Waals surface area contributed by atoms with Gasteiger partial charge in [0.1, 0.15) is 5.25 Å². The molecule has 1 aromatic heterocycles. The van der Waals surface area contributed by atoms with Crippen LogP contribution in [0.25, 0.3) is 0 Å². The molecular formula is C23H25N3OS2. The lowest BCUT2D eigenvalue weighted by Crippen LogP contribution is -2.49. The Morgan fingerprint density at radius 1 is 1.03 bits per heavy atom. The molecule has 150 valence electrons. The molecule has 0 saturated carbocycles. The van der Waals surface area contributed by atoms with E-state index in [0.29, 0.717) is 0 Å². The van der Waals surface area contributed by atoms with Crippen LogP contribution in [0.2, 0.25) is 0 Å². The molecule has 29 heavy (non-hydrogen) atoms. The van der Waals surface area contributed by atoms with Gasteiger partial charge in [-0.3, -0.25) is 9.69 Å². The second-order valence-corrected chi connectivity index (χ2v) is 9.42. The quantitative estimate of drug-likeness (QED) is 0.542. The van der Waals surface area contributed by atoms with Crippen molar-refractivity contribution in [2.45, 2.75) is 23.6 Å². The average Bonchev–Trinajstić information content (AvgIpc) is 3.18. The van der Waals surface area contributed by atoms with Gasteiger partial charge in [0.05, 0.1) is 10.7 Å². The van der Waals surface area contributed by atoms with Gasteiger partial charge in [0.15, 0.2) is 0 Å². The Bertz CT molecular complexity index is 922. The summed E-state index contributed by atoms with van der Waals surface area (Å²) in [5.41, 5.74) is 2.20. The number of hydrogen-bond acceptors (Lipinski definition) is 5. The van der Waals surface area contributed by atoms with Gasteiger partial charge in [0.25, 0.3) is 0 Å². The third-order valence-electron chi connectivity index (χ3n) is 5.06. The predicted octanol–water partition coefficient (Wildman–Crippen LogP) is 4.63. The van der Waals surface area contributed by atoms with E-state index in [1.54, 1.807) is 23.1 Å². The molecule has 0 N–H and O–H groups in total. The van der Waals surface area contributed by atoms with E-state index >= 15 is 0 Å². The summed E-state index contributed by atoms with van der Waals surface area (Å²) in [6.45, 7) is 6.22. The van der Waals surface area contributed by atoms with E-state index in [1.807, 2.05) is 48.2 Å². The minimum Gasteiger partial charge on any atom is -0.339 e. The molecule has 2 heterocycles. The Morgan fingerprint density at radius 3 is 2.31 bits per heavy atom. The molecular weight excluding hydrogens is 398 g/mol. The van der Waals surface area contributed by atoms with Crippen LogP contribution in [-0.4, -0.2) is 46.9 Å². The molecule has 0 aliphatic carbocycles. The summed E-state index contributed by atoms with van der Waals surface area (Å²) >= 11 is 3.33. The lowest BCUT2D eigenvalue weighted by Gasteiger charge is -2.36. The van der Waals surface area contributed by atoms with Gasteiger partial charge in [-0.15, -0.1) is 23.1 Å². The highest BCUT2D eigenvalue weighted by Gasteiger charge is 2.29. The van der Waals surface area contributed by atoms with Crippen molar-refractivity contribution in [3.8, 4) is 0 Å². The van der Waals surface area contributed by atoms with E-state index in [2.05, 4.69) is 39.5 Å². The van der Waals surface area contributed by atoms with Gasteiger partial charge in [-0.1, -0.05) is 48.5 Å². The van der Waals surface area contributed by atoms with Crippen molar-refractivity contribution in [2.24, 2.45) is 0 Å². The number of aryl methyl sites for hydroxylation is 1. The minimum absolute atomic E-state index is 0.203. The summed E-state index contributed by atoms with van der Waals surface area (Å²) in [7, 11) is 0. The Labute approximate surface area is 180 Å². The molecule has 1 aliphatic heterocycles. The van der Waals surface area contributed by atoms with Gasteiger partial charge in [-0.2, -0.15) is 0 Å². The van der Waals surface area contributed by atoms with Crippen molar-refractivity contribution in [1.29, 1.82) is 0 Å². The van der Waals surface area contributed by atoms with E-state index in [4.69, 9.17) is 0 Å². The monoisotopic (exact) mass is 423 g/mol. The smallest absolute Gasteiger partial charge is 0.240 e. The minimum atomic E-state index is -0.216. The van der Waals surface area contributed by atoms with Gasteiger partial charge < -0.3 is 4.90 Å². The summed E-state index contributed by atoms with van der Waals surface area (Å²) < 4.78 is 0. The maximum absolute atomic E-state index is 13.4. The number of thioether (sulfide) groups is 1. The van der Waals surface area contributed by atoms with Crippen LogP contribution in [0.15, 0.2) is 70.9 Å². The number of benzene rings is 2. The van der Waals surface area contributed by atoms with E-state index in [1.165, 1.54) is 0 Å². The third kappa shape index (κ3) is 5.26. The largest absolute Gasteiger partial charge is 0.339 e. The van der Waals surface area contributed by atoms with Crippen LogP contribution in [0.3, 0.4) is 0 Å². The average molecular weight is 424 g/mol. The van der Waals surface area contributed by atoms with Gasteiger partial charge in [-0.05, 0) is 24.6 Å². The molecule has 1 amide bonds. The first-order valence-corrected chi connectivity index (χ1v) is 11.6. The van der Waals surface area contributed by atoms with Crippen LogP contribution < -0.4 is 0 Å². The molecule has 1 fully saturated rings. The van der Waals surface area contributed by atoms with Crippen molar-refractivity contribution in [1.82, 2.24) is 14.8 Å². The van der Waals surface area contributed by atoms with Gasteiger partial charge in [0, 0.05) is 43.0 Å². The number of rotatable bonds is 6. The van der Waals surface area contributed by atoms with Crippen LogP contribution >= 0.6 is 23.1 Å². The Morgan fingerprint density at radius 2 is 1.69 bits per heavy atom. The summed E-state index contributed by atoms with van der Waals surface area (Å²) in [5.74, 6) is 0.203. The Balaban J connectivity index is 1.42. The zero-order valence-corrected chi connectivity index (χ0v) is 18.2. The van der Waals surface area contributed by atoms with Crippen LogP contribution in [-0.2, 0) is 11.3 Å². The van der Waals surface area contributed by atoms with Crippen molar-refractivity contribution in [3.05, 3.63) is 82.3 Å². The highest BCUT2D eigenvalue weighted by atomic mass is 32.2. The fourth-order valence-electron chi connectivity index (χ4n) is 3.53. The molecule has 4 nitrogen and oxygen atoms in total. The number of hydrogen-bond donors (Lipinski definition) is 0. The van der Waals surface area contributed by atoms with Crippen molar-refractivity contribution < 1.29 is 4.79 Å². The van der Waals surface area contributed by atoms with Crippen molar-refractivity contribution in [3.63, 3.8) is 0 Å². The van der Waals surface area contributed by atoms with Gasteiger partial charge in [-0.25, -0.2) is 4.98 Å². The van der Waals surface area contributed by atoms with Crippen LogP contribution in [0.4, 0.5) is 0 Å². The Hall–Kier alpha value is -2.15. The summed E-state index contributed by atoms with van der Waals surface area (Å²) in [5, 5.41) is 3.03. The maximum atomic E-state index is 13.4. The zero-order valence-electron chi connectivity index (χ0n) is 16.5. The highest BCUT2D eigenvalue weighted by Crippen LogP contribution is 2.36. The first kappa shape index (κ1) is 20.1. The van der Waals surface area contributed by atoms with Crippen molar-refractivity contribution >= 4 is 29.0 Å². The molecule has 0 bridgehead atoms. The fourth-order valence-corrected chi connectivity index (χ4v) is 5.26. The summed E-state index contributed by atoms with van der Waals surface area (Å²) in [6.07, 6.45) is 0. The van der Waals surface area contributed by atoms with Crippen LogP contribution in [0.5, 0.6) is 0 Å². The first-order chi connectivity index (χ1) is 14.2. The van der Waals surface area contributed by atoms with E-state index < -0.39 is 0 Å². The first-order valence-electron chi connectivity index (χ1n) is 9.88. The topological polar surface area (TPSA) is 36.4 Å². The lowest BCUT2D eigenvalue weighted by molar-refractivity contribution is -0.132. The second kappa shape index (κ2) is 9.57. The van der Waals surface area contributed by atoms with Crippen molar-refractivity contribution in [2.75, 3.05) is 26.2 Å².